The Hall–Kier alpha value is -3.20. The molecule has 0 aromatic carbocycles. The van der Waals surface area contributed by atoms with E-state index in [2.05, 4.69) is 20.4 Å². The molecule has 2 aliphatic rings. The fourth-order valence-corrected chi connectivity index (χ4v) is 3.68. The van der Waals surface area contributed by atoms with Gasteiger partial charge in [0.1, 0.15) is 6.04 Å². The molecule has 3 heterocycles. The lowest BCUT2D eigenvalue weighted by molar-refractivity contribution is -0.130. The lowest BCUT2D eigenvalue weighted by Crippen LogP contribution is -2.41. The zero-order chi connectivity index (χ0) is 22.9. The molecule has 1 unspecified atom stereocenters. The minimum Gasteiger partial charge on any atom is -0.360 e. The van der Waals surface area contributed by atoms with Crippen molar-refractivity contribution in [2.45, 2.75) is 32.2 Å². The number of H-pyrrole nitrogens is 1. The molecule has 0 aliphatic carbocycles. The van der Waals surface area contributed by atoms with E-state index in [-0.39, 0.29) is 0 Å². The monoisotopic (exact) mass is 462 g/mol. The summed E-state index contributed by atoms with van der Waals surface area (Å²) in [5.74, 6) is -1.80. The SMILES string of the molecule is CCC/C=C(\C=C1/NC=CC=C1Cl)C1c2nc[nH]c2CCN1C(=O)/C(F)=C/C=N\NCF. The average Bonchev–Trinajstić information content (AvgIpc) is 3.28. The summed E-state index contributed by atoms with van der Waals surface area (Å²) in [6.45, 7) is 1.45. The number of aromatic nitrogens is 2. The Labute approximate surface area is 190 Å². The maximum Gasteiger partial charge on any atom is 0.283 e. The molecule has 3 rings (SSSR count). The number of halogens is 3. The van der Waals surface area contributed by atoms with Gasteiger partial charge in [0.05, 0.1) is 22.8 Å². The number of imidazole rings is 1. The highest BCUT2D eigenvalue weighted by molar-refractivity contribution is 6.32. The molecule has 7 nitrogen and oxygen atoms in total. The third-order valence-corrected chi connectivity index (χ3v) is 5.30. The van der Waals surface area contributed by atoms with Crippen LogP contribution in [-0.2, 0) is 11.2 Å². The molecular formula is C22H25ClF2N6O. The third-order valence-electron chi connectivity index (χ3n) is 4.97. The van der Waals surface area contributed by atoms with E-state index in [9.17, 15) is 13.6 Å². The number of dihydropyridines is 1. The number of hydrogen-bond acceptors (Lipinski definition) is 5. The molecule has 2 aliphatic heterocycles. The van der Waals surface area contributed by atoms with Crippen molar-refractivity contribution in [3.63, 3.8) is 0 Å². The van der Waals surface area contributed by atoms with Crippen molar-refractivity contribution >= 4 is 23.7 Å². The van der Waals surface area contributed by atoms with Crippen LogP contribution in [-0.4, -0.2) is 40.3 Å². The first kappa shape index (κ1) is 23.5. The van der Waals surface area contributed by atoms with Crippen molar-refractivity contribution in [3.05, 3.63) is 76.4 Å². The summed E-state index contributed by atoms with van der Waals surface area (Å²) in [7, 11) is 0. The van der Waals surface area contributed by atoms with Crippen molar-refractivity contribution in [3.8, 4) is 0 Å². The molecule has 10 heteroatoms. The minimum atomic E-state index is -1.00. The summed E-state index contributed by atoms with van der Waals surface area (Å²) in [5, 5.41) is 7.08. The van der Waals surface area contributed by atoms with Gasteiger partial charge >= 0.3 is 0 Å². The molecule has 3 N–H and O–H groups in total. The van der Waals surface area contributed by atoms with Gasteiger partial charge in [-0.05, 0) is 36.3 Å². The summed E-state index contributed by atoms with van der Waals surface area (Å²) in [6.07, 6.45) is 14.8. The van der Waals surface area contributed by atoms with Gasteiger partial charge < -0.3 is 15.2 Å². The minimum absolute atomic E-state index is 0.295. The highest BCUT2D eigenvalue weighted by Crippen LogP contribution is 2.36. The van der Waals surface area contributed by atoms with E-state index in [4.69, 9.17) is 11.6 Å². The molecule has 1 atom stereocenters. The lowest BCUT2D eigenvalue weighted by Gasteiger charge is -2.35. The Kier molecular flexibility index (Phi) is 8.38. The maximum atomic E-state index is 14.7. The number of fused-ring (bicyclic) bond motifs is 1. The smallest absolute Gasteiger partial charge is 0.283 e. The number of hydrogen-bond donors (Lipinski definition) is 3. The van der Waals surface area contributed by atoms with E-state index >= 15 is 0 Å². The lowest BCUT2D eigenvalue weighted by atomic mass is 9.93. The second kappa shape index (κ2) is 11.4. The Balaban J connectivity index is 2.00. The molecule has 1 aromatic heterocycles. The maximum absolute atomic E-state index is 14.7. The molecule has 1 aromatic rings. The summed E-state index contributed by atoms with van der Waals surface area (Å²) in [5.41, 5.74) is 5.05. The number of carbonyl (C=O) groups is 1. The normalized spacial score (nSPS) is 20.4. The van der Waals surface area contributed by atoms with Gasteiger partial charge in [-0.2, -0.15) is 5.10 Å². The molecule has 0 saturated heterocycles. The molecule has 32 heavy (non-hydrogen) atoms. The van der Waals surface area contributed by atoms with Crippen LogP contribution in [0.5, 0.6) is 0 Å². The predicted octanol–water partition coefficient (Wildman–Crippen LogP) is 4.04. The molecule has 170 valence electrons. The Morgan fingerprint density at radius 3 is 3.09 bits per heavy atom. The number of rotatable bonds is 8. The number of aromatic amines is 1. The number of amides is 1. The van der Waals surface area contributed by atoms with Gasteiger partial charge in [0, 0.05) is 31.1 Å². The molecule has 0 fully saturated rings. The van der Waals surface area contributed by atoms with Gasteiger partial charge in [0.2, 0.25) is 0 Å². The van der Waals surface area contributed by atoms with Crippen molar-refractivity contribution in [1.82, 2.24) is 25.6 Å². The average molecular weight is 463 g/mol. The van der Waals surface area contributed by atoms with Gasteiger partial charge in [0.25, 0.3) is 5.91 Å². The first-order valence-electron chi connectivity index (χ1n) is 10.3. The van der Waals surface area contributed by atoms with Crippen LogP contribution < -0.4 is 10.7 Å². The number of nitrogens with zero attached hydrogens (tertiary/aromatic N) is 3. The van der Waals surface area contributed by atoms with Crippen LogP contribution in [0.1, 0.15) is 37.2 Å². The second-order valence-corrected chi connectivity index (χ2v) is 7.48. The summed E-state index contributed by atoms with van der Waals surface area (Å²) in [4.78, 5) is 22.0. The molecule has 1 amide bonds. The van der Waals surface area contributed by atoms with Crippen molar-refractivity contribution in [1.29, 1.82) is 0 Å². The number of nitrogens with one attached hydrogen (secondary N) is 3. The van der Waals surface area contributed by atoms with Crippen LogP contribution in [0, 0.1) is 0 Å². The zero-order valence-corrected chi connectivity index (χ0v) is 18.4. The van der Waals surface area contributed by atoms with Gasteiger partial charge in [-0.15, -0.1) is 0 Å². The Morgan fingerprint density at radius 2 is 2.34 bits per heavy atom. The van der Waals surface area contributed by atoms with Crippen molar-refractivity contribution < 1.29 is 13.6 Å². The van der Waals surface area contributed by atoms with Crippen LogP contribution >= 0.6 is 11.6 Å². The highest BCUT2D eigenvalue weighted by Gasteiger charge is 2.36. The van der Waals surface area contributed by atoms with Crippen LogP contribution in [0.3, 0.4) is 0 Å². The second-order valence-electron chi connectivity index (χ2n) is 7.07. The number of allylic oxidation sites excluding steroid dienone is 5. The van der Waals surface area contributed by atoms with Crippen LogP contribution in [0.2, 0.25) is 0 Å². The Bertz CT molecular complexity index is 1010. The molecule has 0 saturated carbocycles. The fourth-order valence-electron chi connectivity index (χ4n) is 3.50. The zero-order valence-electron chi connectivity index (χ0n) is 17.6. The largest absolute Gasteiger partial charge is 0.360 e. The van der Waals surface area contributed by atoms with Crippen molar-refractivity contribution in [2.75, 3.05) is 13.3 Å². The molecular weight excluding hydrogens is 438 g/mol. The predicted molar refractivity (Wildman–Crippen MR) is 121 cm³/mol. The summed E-state index contributed by atoms with van der Waals surface area (Å²) >= 11 is 6.34. The quantitative estimate of drug-likeness (QED) is 0.235. The topological polar surface area (TPSA) is 85.4 Å². The van der Waals surface area contributed by atoms with Crippen LogP contribution in [0.15, 0.2) is 70.1 Å². The summed E-state index contributed by atoms with van der Waals surface area (Å²) in [6, 6.07) is -0.603. The first-order chi connectivity index (χ1) is 15.6. The van der Waals surface area contributed by atoms with Gasteiger partial charge in [-0.1, -0.05) is 31.0 Å². The number of carbonyl (C=O) groups excluding carboxylic acids is 1. The fraction of sp³-hybridized carbons (Fsp3) is 0.318. The number of alkyl halides is 1. The van der Waals surface area contributed by atoms with E-state index in [0.717, 1.165) is 36.4 Å². The molecule has 0 spiro atoms. The molecule has 0 bridgehead atoms. The van der Waals surface area contributed by atoms with Gasteiger partial charge in [-0.3, -0.25) is 10.2 Å². The van der Waals surface area contributed by atoms with E-state index in [1.807, 2.05) is 24.5 Å². The van der Waals surface area contributed by atoms with Crippen LogP contribution in [0.25, 0.3) is 0 Å². The van der Waals surface area contributed by atoms with E-state index < -0.39 is 24.6 Å². The Morgan fingerprint density at radius 1 is 1.50 bits per heavy atom. The first-order valence-corrected chi connectivity index (χ1v) is 10.7. The summed E-state index contributed by atoms with van der Waals surface area (Å²) < 4.78 is 26.7. The highest BCUT2D eigenvalue weighted by atomic mass is 35.5. The van der Waals surface area contributed by atoms with E-state index in [1.54, 1.807) is 24.7 Å². The van der Waals surface area contributed by atoms with E-state index in [1.165, 1.54) is 4.90 Å². The molecule has 0 radical (unpaired) electrons. The van der Waals surface area contributed by atoms with E-state index in [0.29, 0.717) is 29.4 Å². The van der Waals surface area contributed by atoms with Gasteiger partial charge in [-0.25, -0.2) is 13.8 Å². The standard InChI is InChI=1S/C22H25ClF2N6O/c1-2-3-5-15(12-19-16(23)6-4-9-26-19)21-20-18(27-14-28-20)8-11-31(21)22(32)17(25)7-10-29-30-13-24/h4-7,9-10,12,14,21,26,30H,2-3,8,11,13H2,1H3,(H,27,28)/b15-5+,17-7-,19-12-,29-10-. The van der Waals surface area contributed by atoms with Crippen LogP contribution in [0.4, 0.5) is 8.78 Å². The number of unbranched alkanes of at least 4 members (excludes halogenated alkanes) is 1. The number of hydrazone groups is 1. The van der Waals surface area contributed by atoms with Crippen molar-refractivity contribution in [2.24, 2.45) is 5.10 Å². The third kappa shape index (κ3) is 5.53. The van der Waals surface area contributed by atoms with Gasteiger partial charge in [0.15, 0.2) is 12.6 Å².